The van der Waals surface area contributed by atoms with Gasteiger partial charge in [0.05, 0.1) is 23.9 Å². The van der Waals surface area contributed by atoms with E-state index in [-0.39, 0.29) is 6.61 Å². The third kappa shape index (κ3) is 5.03. The number of rotatable bonds is 6. The average Bonchev–Trinajstić information content (AvgIpc) is 3.00. The fourth-order valence-corrected chi connectivity index (χ4v) is 3.61. The Morgan fingerprint density at radius 3 is 2.57 bits per heavy atom. The van der Waals surface area contributed by atoms with Gasteiger partial charge in [0, 0.05) is 32.8 Å². The third-order valence-electron chi connectivity index (χ3n) is 4.37. The van der Waals surface area contributed by atoms with Crippen molar-refractivity contribution >= 4 is 46.8 Å². The summed E-state index contributed by atoms with van der Waals surface area (Å²) in [6.45, 7) is 2.08. The molecule has 0 fully saturated rings. The molecule has 0 amide bonds. The van der Waals surface area contributed by atoms with Crippen molar-refractivity contribution in [2.24, 2.45) is 0 Å². The second-order valence-corrected chi connectivity index (χ2v) is 7.53. The predicted octanol–water partition coefficient (Wildman–Crippen LogP) is 5.83. The van der Waals surface area contributed by atoms with Gasteiger partial charge in [0.25, 0.3) is 0 Å². The zero-order valence-electron chi connectivity index (χ0n) is 15.9. The number of nitriles is 1. The molecule has 1 heterocycles. The van der Waals surface area contributed by atoms with Crippen LogP contribution in [0.2, 0.25) is 15.2 Å². The van der Waals surface area contributed by atoms with Gasteiger partial charge < -0.3 is 4.74 Å². The summed E-state index contributed by atoms with van der Waals surface area (Å²) >= 11 is 18.9. The second kappa shape index (κ2) is 9.82. The topological polar surface area (TPSA) is 67.9 Å². The number of benzene rings is 2. The van der Waals surface area contributed by atoms with Crippen molar-refractivity contribution in [3.63, 3.8) is 0 Å². The van der Waals surface area contributed by atoms with Gasteiger partial charge in [-0.15, -0.1) is 0 Å². The SMILES string of the molecule is Cc1nn(Cc2c(Cl)cccc2Cl)c(Cl)c1C=CC(=O)OCc1ccccc1C#N. The summed E-state index contributed by atoms with van der Waals surface area (Å²) in [5.74, 6) is -0.555. The van der Waals surface area contributed by atoms with E-state index in [2.05, 4.69) is 11.2 Å². The van der Waals surface area contributed by atoms with Gasteiger partial charge in [0.15, 0.2) is 0 Å². The first-order valence-corrected chi connectivity index (χ1v) is 10.0. The number of esters is 1. The maximum absolute atomic E-state index is 12.1. The van der Waals surface area contributed by atoms with E-state index in [1.165, 1.54) is 6.08 Å². The zero-order chi connectivity index (χ0) is 21.7. The first kappa shape index (κ1) is 21.9. The summed E-state index contributed by atoms with van der Waals surface area (Å²) in [6, 6.07) is 14.3. The monoisotopic (exact) mass is 459 g/mol. The molecular weight excluding hydrogens is 445 g/mol. The number of aromatic nitrogens is 2. The van der Waals surface area contributed by atoms with Crippen LogP contribution in [0.3, 0.4) is 0 Å². The van der Waals surface area contributed by atoms with E-state index in [1.54, 1.807) is 60.1 Å². The lowest BCUT2D eigenvalue weighted by Crippen LogP contribution is -2.03. The van der Waals surface area contributed by atoms with E-state index in [0.717, 1.165) is 0 Å². The second-order valence-electron chi connectivity index (χ2n) is 6.36. The highest BCUT2D eigenvalue weighted by Gasteiger charge is 2.15. The molecule has 3 rings (SSSR count). The van der Waals surface area contributed by atoms with Crippen LogP contribution in [-0.2, 0) is 22.7 Å². The first-order chi connectivity index (χ1) is 14.4. The minimum Gasteiger partial charge on any atom is -0.458 e. The average molecular weight is 461 g/mol. The number of hydrogen-bond acceptors (Lipinski definition) is 4. The summed E-state index contributed by atoms with van der Waals surface area (Å²) in [6.07, 6.45) is 2.83. The molecule has 0 aliphatic carbocycles. The van der Waals surface area contributed by atoms with Gasteiger partial charge in [-0.1, -0.05) is 59.1 Å². The molecule has 0 unspecified atom stereocenters. The minimum absolute atomic E-state index is 0.00386. The van der Waals surface area contributed by atoms with Crippen molar-refractivity contribution in [3.8, 4) is 6.07 Å². The molecule has 0 radical (unpaired) electrons. The first-order valence-electron chi connectivity index (χ1n) is 8.89. The molecular formula is C22H16Cl3N3O2. The van der Waals surface area contributed by atoms with Crippen LogP contribution in [0.5, 0.6) is 0 Å². The van der Waals surface area contributed by atoms with Crippen LogP contribution in [0, 0.1) is 18.3 Å². The van der Waals surface area contributed by atoms with Gasteiger partial charge in [-0.05, 0) is 31.2 Å². The predicted molar refractivity (Wildman–Crippen MR) is 118 cm³/mol. The Morgan fingerprint density at radius 1 is 1.17 bits per heavy atom. The number of halogens is 3. The van der Waals surface area contributed by atoms with Crippen molar-refractivity contribution in [1.29, 1.82) is 5.26 Å². The lowest BCUT2D eigenvalue weighted by Gasteiger charge is -2.08. The molecule has 2 aromatic carbocycles. The molecule has 3 aromatic rings. The van der Waals surface area contributed by atoms with Gasteiger partial charge in [-0.2, -0.15) is 10.4 Å². The van der Waals surface area contributed by atoms with Crippen LogP contribution in [0.15, 0.2) is 48.5 Å². The third-order valence-corrected chi connectivity index (χ3v) is 5.48. The van der Waals surface area contributed by atoms with E-state index in [9.17, 15) is 4.79 Å². The number of nitrogens with zero attached hydrogens (tertiary/aromatic N) is 3. The maximum atomic E-state index is 12.1. The van der Waals surface area contributed by atoms with Crippen molar-refractivity contribution in [1.82, 2.24) is 9.78 Å². The molecule has 0 aliphatic rings. The number of carbonyl (C=O) groups is 1. The van der Waals surface area contributed by atoms with Crippen LogP contribution >= 0.6 is 34.8 Å². The van der Waals surface area contributed by atoms with Gasteiger partial charge in [0.2, 0.25) is 0 Å². The van der Waals surface area contributed by atoms with E-state index < -0.39 is 5.97 Å². The lowest BCUT2D eigenvalue weighted by atomic mass is 10.1. The van der Waals surface area contributed by atoms with Gasteiger partial charge >= 0.3 is 5.97 Å². The van der Waals surface area contributed by atoms with Crippen LogP contribution in [0.1, 0.15) is 27.9 Å². The van der Waals surface area contributed by atoms with Crippen molar-refractivity contribution in [2.45, 2.75) is 20.1 Å². The fraction of sp³-hybridized carbons (Fsp3) is 0.136. The largest absolute Gasteiger partial charge is 0.458 e. The molecule has 0 bridgehead atoms. The Labute approximate surface area is 189 Å². The highest BCUT2D eigenvalue weighted by atomic mass is 35.5. The van der Waals surface area contributed by atoms with E-state index in [1.807, 2.05) is 0 Å². The molecule has 0 saturated carbocycles. The van der Waals surface area contributed by atoms with E-state index >= 15 is 0 Å². The summed E-state index contributed by atoms with van der Waals surface area (Å²) in [4.78, 5) is 12.1. The standard InChI is InChI=1S/C22H16Cl3N3O2/c1-14-17(9-10-21(29)30-13-16-6-3-2-5-15(16)11-26)22(25)28(27-14)12-18-19(23)7-4-8-20(18)24/h2-10H,12-13H2,1H3. The van der Waals surface area contributed by atoms with E-state index in [4.69, 9.17) is 44.8 Å². The quantitative estimate of drug-likeness (QED) is 0.343. The molecule has 0 atom stereocenters. The number of carbonyl (C=O) groups excluding carboxylic acids is 1. The number of aryl methyl sites for hydroxylation is 1. The minimum atomic E-state index is -0.555. The van der Waals surface area contributed by atoms with Crippen molar-refractivity contribution in [2.75, 3.05) is 0 Å². The molecule has 8 heteroatoms. The summed E-state index contributed by atoms with van der Waals surface area (Å²) in [7, 11) is 0. The highest BCUT2D eigenvalue weighted by Crippen LogP contribution is 2.28. The smallest absolute Gasteiger partial charge is 0.331 e. The van der Waals surface area contributed by atoms with Gasteiger partial charge in [-0.3, -0.25) is 0 Å². The lowest BCUT2D eigenvalue weighted by molar-refractivity contribution is -0.138. The highest BCUT2D eigenvalue weighted by molar-refractivity contribution is 6.36. The normalized spacial score (nSPS) is 10.9. The molecule has 1 aromatic heterocycles. The Morgan fingerprint density at radius 2 is 1.87 bits per heavy atom. The molecule has 0 saturated heterocycles. The number of ether oxygens (including phenoxy) is 1. The van der Waals surface area contributed by atoms with Gasteiger partial charge in [-0.25, -0.2) is 9.48 Å². The Bertz CT molecular complexity index is 1140. The Kier molecular flexibility index (Phi) is 7.17. The summed E-state index contributed by atoms with van der Waals surface area (Å²) in [5.41, 5.74) is 3.04. The zero-order valence-corrected chi connectivity index (χ0v) is 18.2. The molecule has 0 N–H and O–H groups in total. The maximum Gasteiger partial charge on any atom is 0.331 e. The molecule has 5 nitrogen and oxygen atoms in total. The molecule has 30 heavy (non-hydrogen) atoms. The van der Waals surface area contributed by atoms with Crippen LogP contribution in [-0.4, -0.2) is 15.7 Å². The van der Waals surface area contributed by atoms with Gasteiger partial charge in [0.1, 0.15) is 11.8 Å². The summed E-state index contributed by atoms with van der Waals surface area (Å²) < 4.78 is 6.79. The van der Waals surface area contributed by atoms with E-state index in [0.29, 0.717) is 49.7 Å². The Balaban J connectivity index is 1.71. The van der Waals surface area contributed by atoms with Crippen molar-refractivity contribution in [3.05, 3.63) is 91.7 Å². The van der Waals surface area contributed by atoms with Crippen LogP contribution in [0.4, 0.5) is 0 Å². The van der Waals surface area contributed by atoms with Crippen molar-refractivity contribution < 1.29 is 9.53 Å². The Hall–Kier alpha value is -2.78. The van der Waals surface area contributed by atoms with Crippen LogP contribution in [0.25, 0.3) is 6.08 Å². The molecule has 0 aliphatic heterocycles. The fourth-order valence-electron chi connectivity index (χ4n) is 2.80. The van der Waals surface area contributed by atoms with Crippen LogP contribution < -0.4 is 0 Å². The molecule has 0 spiro atoms. The number of hydrogen-bond donors (Lipinski definition) is 0. The summed E-state index contributed by atoms with van der Waals surface area (Å²) in [5, 5.41) is 14.9. The molecule has 152 valence electrons.